The Morgan fingerprint density at radius 3 is 2.17 bits per heavy atom. The van der Waals surface area contributed by atoms with Gasteiger partial charge in [0, 0.05) is 42.4 Å². The van der Waals surface area contributed by atoms with Crippen LogP contribution in [0.4, 0.5) is 22.9 Å². The number of hydrogen-bond donors (Lipinski definition) is 3. The van der Waals surface area contributed by atoms with Crippen molar-refractivity contribution in [1.29, 1.82) is 0 Å². The van der Waals surface area contributed by atoms with Gasteiger partial charge in [-0.3, -0.25) is 14.3 Å². The number of aliphatic imine (C=N–C) groups is 1. The highest BCUT2D eigenvalue weighted by molar-refractivity contribution is 7.90. The van der Waals surface area contributed by atoms with E-state index in [4.69, 9.17) is 14.7 Å². The molecule has 2 aliphatic rings. The van der Waals surface area contributed by atoms with Crippen LogP contribution in [0.3, 0.4) is 0 Å². The monoisotopic (exact) mass is 820 g/mol. The molecule has 0 spiro atoms. The van der Waals surface area contributed by atoms with Crippen LogP contribution in [0.5, 0.6) is 11.5 Å². The summed E-state index contributed by atoms with van der Waals surface area (Å²) in [6, 6.07) is 32.2. The third-order valence-electron chi connectivity index (χ3n) is 10.8. The van der Waals surface area contributed by atoms with Crippen molar-refractivity contribution in [2.45, 2.75) is 64.3 Å². The van der Waals surface area contributed by atoms with Gasteiger partial charge in [0.15, 0.2) is 17.4 Å². The van der Waals surface area contributed by atoms with E-state index in [1.807, 2.05) is 54.6 Å². The number of ether oxygens (including phenoxy) is 1. The van der Waals surface area contributed by atoms with Crippen molar-refractivity contribution in [3.63, 3.8) is 0 Å². The van der Waals surface area contributed by atoms with E-state index in [1.165, 1.54) is 16.5 Å². The number of nitrogens with one attached hydrogen (secondary N) is 3. The van der Waals surface area contributed by atoms with E-state index in [0.29, 0.717) is 50.3 Å². The number of fused-ring (bicyclic) bond motifs is 3. The SMILES string of the molecule is CC(Nc1nc2c(Oc3ccc(C(C)(C)CC(C)(C)C)cc3)cc(Nc3ccccc3)c3c2c(c1C1=Nc2ccccc2S(=O)(=O)N1)-c1ccccc1C3=O)C(=O)N(C)C. The van der Waals surface area contributed by atoms with Gasteiger partial charge in [0.25, 0.3) is 10.0 Å². The largest absolute Gasteiger partial charge is 0.455 e. The fraction of sp³-hybridized carbons (Fsp3) is 0.250. The lowest BCUT2D eigenvalue weighted by atomic mass is 9.72. The summed E-state index contributed by atoms with van der Waals surface area (Å²) in [5, 5.41) is 7.22. The van der Waals surface area contributed by atoms with Crippen molar-refractivity contribution >= 4 is 61.3 Å². The highest BCUT2D eigenvalue weighted by Crippen LogP contribution is 2.50. The second-order valence-corrected chi connectivity index (χ2v) is 19.1. The van der Waals surface area contributed by atoms with Crippen molar-refractivity contribution in [2.75, 3.05) is 24.7 Å². The van der Waals surface area contributed by atoms with Crippen LogP contribution in [0.25, 0.3) is 22.0 Å². The van der Waals surface area contributed by atoms with Gasteiger partial charge in [-0.1, -0.05) is 101 Å². The molecule has 306 valence electrons. The summed E-state index contributed by atoms with van der Waals surface area (Å²) in [5.41, 5.74) is 5.00. The number of carbonyl (C=O) groups excluding carboxylic acids is 2. The smallest absolute Gasteiger partial charge is 0.265 e. The van der Waals surface area contributed by atoms with Crippen molar-refractivity contribution in [3.8, 4) is 22.6 Å². The average molecular weight is 821 g/mol. The van der Waals surface area contributed by atoms with Crippen LogP contribution in [-0.4, -0.2) is 56.0 Å². The average Bonchev–Trinajstić information content (AvgIpc) is 3.19. The molecule has 1 aliphatic carbocycles. The summed E-state index contributed by atoms with van der Waals surface area (Å²) < 4.78 is 37.3. The molecule has 0 saturated heterocycles. The van der Waals surface area contributed by atoms with Gasteiger partial charge in [0.1, 0.15) is 28.0 Å². The number of benzene rings is 5. The van der Waals surface area contributed by atoms with Crippen LogP contribution in [0.15, 0.2) is 119 Å². The summed E-state index contributed by atoms with van der Waals surface area (Å²) in [7, 11) is -0.793. The summed E-state index contributed by atoms with van der Waals surface area (Å²) in [5.74, 6) is 0.548. The Labute approximate surface area is 351 Å². The van der Waals surface area contributed by atoms with Crippen LogP contribution >= 0.6 is 0 Å². The molecular formula is C48H48N6O5S. The van der Waals surface area contributed by atoms with Crippen molar-refractivity contribution in [2.24, 2.45) is 10.4 Å². The molecule has 0 bridgehead atoms. The Balaban J connectivity index is 1.44. The molecule has 6 aromatic rings. The van der Waals surface area contributed by atoms with E-state index in [9.17, 15) is 18.0 Å². The number of likely N-dealkylation sites (N-methyl/N-ethyl adjacent to an activating group) is 1. The van der Waals surface area contributed by atoms with E-state index in [0.717, 1.165) is 12.1 Å². The lowest BCUT2D eigenvalue weighted by Crippen LogP contribution is -2.39. The molecule has 1 atom stereocenters. The molecule has 8 rings (SSSR count). The number of aromatic nitrogens is 1. The summed E-state index contributed by atoms with van der Waals surface area (Å²) in [6.45, 7) is 12.9. The normalized spacial score (nSPS) is 14.6. The number of anilines is 3. The third-order valence-corrected chi connectivity index (χ3v) is 12.2. The molecule has 1 aromatic heterocycles. The number of sulfonamides is 1. The number of hydrogen-bond acceptors (Lipinski definition) is 9. The van der Waals surface area contributed by atoms with Gasteiger partial charge in [-0.25, -0.2) is 18.4 Å². The maximum absolute atomic E-state index is 14.9. The van der Waals surface area contributed by atoms with Crippen LogP contribution in [0.1, 0.15) is 75.0 Å². The second kappa shape index (κ2) is 14.9. The van der Waals surface area contributed by atoms with Gasteiger partial charge in [-0.05, 0) is 71.7 Å². The summed E-state index contributed by atoms with van der Waals surface area (Å²) in [6.07, 6.45) is 0.975. The number of para-hydroxylation sites is 2. The van der Waals surface area contributed by atoms with Gasteiger partial charge >= 0.3 is 0 Å². The zero-order valence-electron chi connectivity index (χ0n) is 35.0. The number of nitrogens with zero attached hydrogens (tertiary/aromatic N) is 3. The van der Waals surface area contributed by atoms with Crippen LogP contribution in [-0.2, 0) is 20.2 Å². The summed E-state index contributed by atoms with van der Waals surface area (Å²) in [4.78, 5) is 39.9. The molecule has 2 heterocycles. The molecule has 0 saturated carbocycles. The first-order valence-electron chi connectivity index (χ1n) is 19.9. The first-order chi connectivity index (χ1) is 28.4. The molecule has 5 aromatic carbocycles. The molecule has 12 heteroatoms. The summed E-state index contributed by atoms with van der Waals surface area (Å²) >= 11 is 0. The topological polar surface area (TPSA) is 142 Å². The molecular weight excluding hydrogens is 773 g/mol. The molecule has 3 N–H and O–H groups in total. The molecule has 0 fully saturated rings. The Morgan fingerprint density at radius 2 is 1.48 bits per heavy atom. The molecule has 11 nitrogen and oxygen atoms in total. The van der Waals surface area contributed by atoms with E-state index >= 15 is 0 Å². The quantitative estimate of drug-likeness (QED) is 0.124. The zero-order chi connectivity index (χ0) is 42.7. The molecule has 1 amide bonds. The van der Waals surface area contributed by atoms with Gasteiger partial charge in [-0.2, -0.15) is 0 Å². The second-order valence-electron chi connectivity index (χ2n) is 17.5. The number of pyridine rings is 1. The van der Waals surface area contributed by atoms with Crippen molar-refractivity contribution in [3.05, 3.63) is 131 Å². The lowest BCUT2D eigenvalue weighted by Gasteiger charge is -2.33. The minimum atomic E-state index is -4.11. The Hall–Kier alpha value is -6.53. The van der Waals surface area contributed by atoms with E-state index < -0.39 is 16.1 Å². The number of carbonyl (C=O) groups is 2. The molecule has 0 radical (unpaired) electrons. The third kappa shape index (κ3) is 7.47. The minimum absolute atomic E-state index is 0.0162. The van der Waals surface area contributed by atoms with Crippen molar-refractivity contribution in [1.82, 2.24) is 14.6 Å². The fourth-order valence-corrected chi connectivity index (χ4v) is 9.69. The first-order valence-corrected chi connectivity index (χ1v) is 21.4. The lowest BCUT2D eigenvalue weighted by molar-refractivity contribution is -0.129. The Morgan fingerprint density at radius 1 is 0.833 bits per heavy atom. The highest BCUT2D eigenvalue weighted by Gasteiger charge is 2.38. The van der Waals surface area contributed by atoms with E-state index in [-0.39, 0.29) is 50.3 Å². The van der Waals surface area contributed by atoms with Gasteiger partial charge in [0.2, 0.25) is 5.91 Å². The standard InChI is InChI=1S/C48H48N6O5S/c1-28(46(56)54(7)8)49-44-41(45-51-34-20-14-15-21-37(34)60(57,58)53-45)38-32-18-12-13-19-33(32)43(55)39-35(50-30-16-10-9-11-17-30)26-36(42(52-44)40(38)39)59-31-24-22-29(23-25-31)48(5,6)27-47(2,3)4/h9-26,28,50H,27H2,1-8H3,(H,49,52)(H,51,53). The Kier molecular flexibility index (Phi) is 10.0. The van der Waals surface area contributed by atoms with Crippen LogP contribution in [0, 0.1) is 5.41 Å². The van der Waals surface area contributed by atoms with Crippen molar-refractivity contribution < 1.29 is 22.7 Å². The number of amides is 1. The van der Waals surface area contributed by atoms with E-state index in [1.54, 1.807) is 57.4 Å². The zero-order valence-corrected chi connectivity index (χ0v) is 35.8. The number of rotatable bonds is 10. The van der Waals surface area contributed by atoms with Crippen LogP contribution < -0.4 is 20.1 Å². The molecule has 1 aliphatic heterocycles. The van der Waals surface area contributed by atoms with E-state index in [2.05, 4.69) is 62.1 Å². The number of ketones is 1. The molecule has 1 unspecified atom stereocenters. The maximum Gasteiger partial charge on any atom is 0.265 e. The molecule has 60 heavy (non-hydrogen) atoms. The predicted molar refractivity (Wildman–Crippen MR) is 239 cm³/mol. The fourth-order valence-electron chi connectivity index (χ4n) is 8.53. The maximum atomic E-state index is 14.9. The minimum Gasteiger partial charge on any atom is -0.455 e. The first kappa shape index (κ1) is 40.3. The highest BCUT2D eigenvalue weighted by atomic mass is 32.2. The predicted octanol–water partition coefficient (Wildman–Crippen LogP) is 9.95. The van der Waals surface area contributed by atoms with Crippen LogP contribution in [0.2, 0.25) is 0 Å². The van der Waals surface area contributed by atoms with Gasteiger partial charge < -0.3 is 20.3 Å². The number of amidine groups is 1. The van der Waals surface area contributed by atoms with Gasteiger partial charge in [-0.15, -0.1) is 0 Å². The van der Waals surface area contributed by atoms with Gasteiger partial charge in [0.05, 0.1) is 22.5 Å². The Bertz CT molecular complexity index is 2850.